The van der Waals surface area contributed by atoms with Crippen LogP contribution in [0.25, 0.3) is 0 Å². The minimum absolute atomic E-state index is 0.0557. The van der Waals surface area contributed by atoms with Crippen LogP contribution in [0.1, 0.15) is 50.4 Å². The molecule has 0 radical (unpaired) electrons. The Morgan fingerprint density at radius 3 is 2.27 bits per heavy atom. The molecule has 0 unspecified atom stereocenters. The average molecular weight is 361 g/mol. The van der Waals surface area contributed by atoms with E-state index in [2.05, 4.69) is 24.1 Å². The van der Waals surface area contributed by atoms with E-state index in [1.807, 2.05) is 36.1 Å². The zero-order valence-corrected chi connectivity index (χ0v) is 16.1. The normalized spacial score (nSPS) is 19.1. The molecule has 0 spiro atoms. The average Bonchev–Trinajstić information content (AvgIpc) is 2.60. The van der Waals surface area contributed by atoms with Crippen molar-refractivity contribution in [2.24, 2.45) is 0 Å². The van der Waals surface area contributed by atoms with Gasteiger partial charge in [-0.3, -0.25) is 14.5 Å². The molecular weight excluding hydrogens is 330 g/mol. The zero-order chi connectivity index (χ0) is 19.1. The molecule has 1 aromatic rings. The van der Waals surface area contributed by atoms with Gasteiger partial charge in [-0.2, -0.15) is 0 Å². The summed E-state index contributed by atoms with van der Waals surface area (Å²) in [6.45, 7) is 9.00. The maximum Gasteiger partial charge on any atom is 0.317 e. The van der Waals surface area contributed by atoms with Crippen LogP contribution in [0.5, 0.6) is 0 Å². The largest absolute Gasteiger partial charge is 0.480 e. The Labute approximate surface area is 156 Å². The van der Waals surface area contributed by atoms with Gasteiger partial charge in [-0.1, -0.05) is 13.8 Å². The summed E-state index contributed by atoms with van der Waals surface area (Å²) in [6.07, 6.45) is 2.71. The highest BCUT2D eigenvalue weighted by Crippen LogP contribution is 2.26. The highest BCUT2D eigenvalue weighted by Gasteiger charge is 2.34. The summed E-state index contributed by atoms with van der Waals surface area (Å²) in [7, 11) is 0. The standard InChI is InChI=1S/C20H31N3O3/c1-4-11-22(5-2)17-9-7-15(8-10-17)20(26)21-16-12-18(13-16)23(6-3)14-19(24)25/h7-10,16,18H,4-6,11-14H2,1-3H3,(H,21,26)(H,24,25). The number of rotatable bonds is 10. The van der Waals surface area contributed by atoms with Crippen molar-refractivity contribution in [3.05, 3.63) is 29.8 Å². The van der Waals surface area contributed by atoms with Crippen molar-refractivity contribution in [2.75, 3.05) is 31.1 Å². The van der Waals surface area contributed by atoms with E-state index in [1.165, 1.54) is 0 Å². The van der Waals surface area contributed by atoms with Crippen LogP contribution in [0.4, 0.5) is 5.69 Å². The Balaban J connectivity index is 1.84. The number of carbonyl (C=O) groups is 2. The first-order valence-corrected chi connectivity index (χ1v) is 9.60. The second-order valence-electron chi connectivity index (χ2n) is 6.88. The van der Waals surface area contributed by atoms with Crippen molar-refractivity contribution < 1.29 is 14.7 Å². The Hall–Kier alpha value is -2.08. The summed E-state index contributed by atoms with van der Waals surface area (Å²) >= 11 is 0. The summed E-state index contributed by atoms with van der Waals surface area (Å²) in [5.74, 6) is -0.858. The predicted molar refractivity (Wildman–Crippen MR) is 104 cm³/mol. The van der Waals surface area contributed by atoms with Crippen LogP contribution in [-0.2, 0) is 4.79 Å². The lowest BCUT2D eigenvalue weighted by atomic mass is 9.85. The molecule has 1 aliphatic carbocycles. The Morgan fingerprint density at radius 2 is 1.77 bits per heavy atom. The van der Waals surface area contributed by atoms with E-state index < -0.39 is 5.97 Å². The lowest BCUT2D eigenvalue weighted by molar-refractivity contribution is -0.139. The number of aliphatic carboxylic acids is 1. The fourth-order valence-electron chi connectivity index (χ4n) is 3.51. The maximum absolute atomic E-state index is 12.4. The van der Waals surface area contributed by atoms with Crippen molar-refractivity contribution in [3.63, 3.8) is 0 Å². The van der Waals surface area contributed by atoms with Gasteiger partial charge in [0.2, 0.25) is 0 Å². The molecule has 6 heteroatoms. The van der Waals surface area contributed by atoms with E-state index in [4.69, 9.17) is 5.11 Å². The van der Waals surface area contributed by atoms with E-state index in [0.717, 1.165) is 38.0 Å². The number of hydrogen-bond donors (Lipinski definition) is 2. The second-order valence-corrected chi connectivity index (χ2v) is 6.88. The summed E-state index contributed by atoms with van der Waals surface area (Å²) < 4.78 is 0. The van der Waals surface area contributed by atoms with Gasteiger partial charge in [0.1, 0.15) is 0 Å². The third kappa shape index (κ3) is 5.21. The van der Waals surface area contributed by atoms with Crippen LogP contribution >= 0.6 is 0 Å². The third-order valence-electron chi connectivity index (χ3n) is 5.08. The molecule has 6 nitrogen and oxygen atoms in total. The summed E-state index contributed by atoms with van der Waals surface area (Å²) in [5, 5.41) is 12.0. The van der Waals surface area contributed by atoms with Crippen LogP contribution < -0.4 is 10.2 Å². The highest BCUT2D eigenvalue weighted by atomic mass is 16.4. The van der Waals surface area contributed by atoms with Crippen molar-refractivity contribution in [3.8, 4) is 0 Å². The first kappa shape index (κ1) is 20.2. The van der Waals surface area contributed by atoms with Crippen LogP contribution in [0, 0.1) is 0 Å². The lowest BCUT2D eigenvalue weighted by Gasteiger charge is -2.42. The molecule has 0 aromatic heterocycles. The topological polar surface area (TPSA) is 72.9 Å². The lowest BCUT2D eigenvalue weighted by Crippen LogP contribution is -2.54. The van der Waals surface area contributed by atoms with Gasteiger partial charge in [-0.25, -0.2) is 0 Å². The molecule has 1 saturated carbocycles. The number of carboxylic acid groups (broad SMARTS) is 1. The van der Waals surface area contributed by atoms with Gasteiger partial charge in [0, 0.05) is 36.4 Å². The molecule has 26 heavy (non-hydrogen) atoms. The molecule has 0 aliphatic heterocycles. The fourth-order valence-corrected chi connectivity index (χ4v) is 3.51. The van der Waals surface area contributed by atoms with E-state index in [1.54, 1.807) is 0 Å². The third-order valence-corrected chi connectivity index (χ3v) is 5.08. The molecule has 0 heterocycles. The highest BCUT2D eigenvalue weighted by molar-refractivity contribution is 5.94. The van der Waals surface area contributed by atoms with Gasteiger partial charge in [0.05, 0.1) is 6.54 Å². The van der Waals surface area contributed by atoms with E-state index >= 15 is 0 Å². The van der Waals surface area contributed by atoms with E-state index in [0.29, 0.717) is 12.1 Å². The van der Waals surface area contributed by atoms with Crippen LogP contribution in [0.15, 0.2) is 24.3 Å². The molecule has 0 bridgehead atoms. The smallest absolute Gasteiger partial charge is 0.317 e. The summed E-state index contributed by atoms with van der Waals surface area (Å²) in [5.41, 5.74) is 1.81. The Bertz CT molecular complexity index is 597. The second kappa shape index (κ2) is 9.57. The molecule has 1 fully saturated rings. The molecule has 1 aliphatic rings. The number of nitrogens with one attached hydrogen (secondary N) is 1. The molecule has 2 N–H and O–H groups in total. The first-order chi connectivity index (χ1) is 12.5. The molecule has 144 valence electrons. The number of carbonyl (C=O) groups excluding carboxylic acids is 1. The van der Waals surface area contributed by atoms with E-state index in [-0.39, 0.29) is 24.5 Å². The predicted octanol–water partition coefficient (Wildman–Crippen LogP) is 2.59. The molecule has 0 atom stereocenters. The zero-order valence-electron chi connectivity index (χ0n) is 16.1. The van der Waals surface area contributed by atoms with Gasteiger partial charge < -0.3 is 15.3 Å². The van der Waals surface area contributed by atoms with Gasteiger partial charge in [0.25, 0.3) is 5.91 Å². The maximum atomic E-state index is 12.4. The quantitative estimate of drug-likeness (QED) is 0.670. The number of benzene rings is 1. The van der Waals surface area contributed by atoms with Gasteiger partial charge in [-0.15, -0.1) is 0 Å². The minimum atomic E-state index is -0.802. The molecule has 1 aromatic carbocycles. The van der Waals surface area contributed by atoms with Crippen molar-refractivity contribution in [2.45, 2.75) is 52.1 Å². The van der Waals surface area contributed by atoms with Crippen LogP contribution in [-0.4, -0.2) is 60.1 Å². The first-order valence-electron chi connectivity index (χ1n) is 9.60. The Morgan fingerprint density at radius 1 is 1.12 bits per heavy atom. The monoisotopic (exact) mass is 361 g/mol. The van der Waals surface area contributed by atoms with Crippen molar-refractivity contribution >= 4 is 17.6 Å². The summed E-state index contributed by atoms with van der Waals surface area (Å²) in [6, 6.07) is 8.13. The number of nitrogens with zero attached hydrogens (tertiary/aromatic N) is 2. The van der Waals surface area contributed by atoms with Crippen LogP contribution in [0.2, 0.25) is 0 Å². The fraction of sp³-hybridized carbons (Fsp3) is 0.600. The molecule has 1 amide bonds. The Kier molecular flexibility index (Phi) is 7.45. The van der Waals surface area contributed by atoms with E-state index in [9.17, 15) is 9.59 Å². The van der Waals surface area contributed by atoms with Gasteiger partial charge in [-0.05, 0) is 57.0 Å². The molecule has 2 rings (SSSR count). The number of carboxylic acids is 1. The van der Waals surface area contributed by atoms with Gasteiger partial charge >= 0.3 is 5.97 Å². The number of hydrogen-bond acceptors (Lipinski definition) is 4. The van der Waals surface area contributed by atoms with Crippen molar-refractivity contribution in [1.29, 1.82) is 0 Å². The van der Waals surface area contributed by atoms with Gasteiger partial charge in [0.15, 0.2) is 0 Å². The van der Waals surface area contributed by atoms with Crippen molar-refractivity contribution in [1.82, 2.24) is 10.2 Å². The SMILES string of the molecule is CCCN(CC)c1ccc(C(=O)NC2CC(N(CC)CC(=O)O)C2)cc1. The van der Waals surface area contributed by atoms with Crippen LogP contribution in [0.3, 0.4) is 0 Å². The number of likely N-dealkylation sites (N-methyl/N-ethyl adjacent to an activating group) is 1. The summed E-state index contributed by atoms with van der Waals surface area (Å²) in [4.78, 5) is 27.5. The molecular formula is C20H31N3O3. The number of anilines is 1. The number of amides is 1. The molecule has 0 saturated heterocycles. The minimum Gasteiger partial charge on any atom is -0.480 e.